The van der Waals surface area contributed by atoms with Crippen molar-refractivity contribution in [3.05, 3.63) is 53.6 Å². The molecule has 0 radical (unpaired) electrons. The normalized spacial score (nSPS) is 41.4. The Labute approximate surface area is 278 Å². The Hall–Kier alpha value is -1.96. The van der Waals surface area contributed by atoms with Gasteiger partial charge in [-0.3, -0.25) is 0 Å². The van der Waals surface area contributed by atoms with Crippen molar-refractivity contribution in [2.24, 2.45) is 51.2 Å². The first-order chi connectivity index (χ1) is 21.4. The zero-order chi connectivity index (χ0) is 33.5. The molecule has 9 atom stereocenters. The monoisotopic (exact) mass is 650 g/mol. The van der Waals surface area contributed by atoms with Crippen LogP contribution in [0.5, 0.6) is 0 Å². The summed E-state index contributed by atoms with van der Waals surface area (Å²) in [6.45, 7) is 20.7. The molecule has 5 aliphatic rings. The van der Waals surface area contributed by atoms with Gasteiger partial charge in [-0.2, -0.15) is 0 Å². The van der Waals surface area contributed by atoms with Gasteiger partial charge >= 0.3 is 5.97 Å². The highest BCUT2D eigenvalue weighted by atomic mass is 32.2. The molecule has 4 fully saturated rings. The quantitative estimate of drug-likeness (QED) is 0.196. The Bertz CT molecular complexity index is 1530. The van der Waals surface area contributed by atoms with Crippen LogP contribution in [-0.2, 0) is 10.0 Å². The van der Waals surface area contributed by atoms with Crippen molar-refractivity contribution in [1.82, 2.24) is 10.0 Å². The molecule has 6 nitrogen and oxygen atoms in total. The Morgan fingerprint density at radius 1 is 0.913 bits per heavy atom. The molecular weight excluding hydrogens is 593 g/mol. The molecular formula is C39H58N2O4S. The van der Waals surface area contributed by atoms with E-state index in [1.165, 1.54) is 55.9 Å². The second-order valence-electron chi connectivity index (χ2n) is 17.4. The summed E-state index contributed by atoms with van der Waals surface area (Å²) in [6.07, 6.45) is 14.5. The van der Waals surface area contributed by atoms with Crippen LogP contribution < -0.4 is 10.0 Å². The molecule has 0 amide bonds. The summed E-state index contributed by atoms with van der Waals surface area (Å²) in [5, 5.41) is 13.4. The third kappa shape index (κ3) is 5.08. The number of hydrogen-bond donors (Lipinski definition) is 3. The third-order valence-electron chi connectivity index (χ3n) is 15.1. The summed E-state index contributed by atoms with van der Waals surface area (Å²) in [7, 11) is -3.20. The number of fused-ring (bicyclic) bond motifs is 7. The Kier molecular flexibility index (Phi) is 8.33. The zero-order valence-corrected chi connectivity index (χ0v) is 30.2. The number of benzene rings is 1. The molecule has 0 aliphatic heterocycles. The number of carboxylic acids is 1. The van der Waals surface area contributed by atoms with Crippen LogP contribution in [0.1, 0.15) is 115 Å². The zero-order valence-electron chi connectivity index (χ0n) is 29.3. The first-order valence-corrected chi connectivity index (χ1v) is 19.7. The van der Waals surface area contributed by atoms with E-state index in [1.807, 2.05) is 12.1 Å². The van der Waals surface area contributed by atoms with E-state index in [-0.39, 0.29) is 27.2 Å². The van der Waals surface area contributed by atoms with Gasteiger partial charge in [0.15, 0.2) is 0 Å². The topological polar surface area (TPSA) is 95.5 Å². The van der Waals surface area contributed by atoms with E-state index in [0.29, 0.717) is 48.2 Å². The van der Waals surface area contributed by atoms with Gasteiger partial charge < -0.3 is 10.4 Å². The van der Waals surface area contributed by atoms with Crippen LogP contribution in [0.3, 0.4) is 0 Å². The molecule has 0 unspecified atom stereocenters. The second-order valence-corrected chi connectivity index (χ2v) is 19.2. The van der Waals surface area contributed by atoms with Crippen LogP contribution in [0.4, 0.5) is 0 Å². The van der Waals surface area contributed by atoms with E-state index >= 15 is 0 Å². The Morgan fingerprint density at radius 2 is 1.61 bits per heavy atom. The minimum Gasteiger partial charge on any atom is -0.478 e. The number of aromatic carboxylic acids is 1. The van der Waals surface area contributed by atoms with Crippen LogP contribution in [0.2, 0.25) is 0 Å². The first kappa shape index (κ1) is 33.9. The molecule has 3 N–H and O–H groups in total. The van der Waals surface area contributed by atoms with Crippen LogP contribution in [0.25, 0.3) is 5.57 Å². The predicted octanol–water partition coefficient (Wildman–Crippen LogP) is 7.93. The number of carbonyl (C=O) groups is 1. The molecule has 5 aliphatic carbocycles. The van der Waals surface area contributed by atoms with Gasteiger partial charge in [0.05, 0.1) is 11.8 Å². The van der Waals surface area contributed by atoms with E-state index in [2.05, 4.69) is 64.2 Å². The van der Waals surface area contributed by atoms with Gasteiger partial charge in [-0.05, 0) is 139 Å². The SMILES string of the molecule is C=C(C)[C@@H]1CC[C@]2(NCCNS(C)(=O)=O)CC[C@]3(C)[C@H](CC[C@@H]4[C@@]5(C)CC=C(c6ccc(C(=O)O)cc6)C(C)(C)[C@@H]5CC[C@]43C)[C@@H]12. The molecule has 46 heavy (non-hydrogen) atoms. The standard InChI is InChI=1S/C39H58N2O4S/c1-25(2)28-15-20-39(40-23-24-41-46(8,44)45)22-21-37(6)30(33(28)39)13-14-32-36(5)18-16-29(26-9-11-27(12-10-26)34(42)43)35(3,4)31(36)17-19-38(32,37)7/h9-12,16,28,30-33,40-41H,1,13-15,17-24H2,2-8H3,(H,42,43)/t28-,30+,31-,32+,33+,36-,37+,38+,39-/m0/s1. The van der Waals surface area contributed by atoms with Crippen molar-refractivity contribution in [3.63, 3.8) is 0 Å². The molecule has 0 heterocycles. The lowest BCUT2D eigenvalue weighted by Gasteiger charge is -2.72. The minimum atomic E-state index is -3.20. The predicted molar refractivity (Wildman–Crippen MR) is 187 cm³/mol. The smallest absolute Gasteiger partial charge is 0.335 e. The maximum Gasteiger partial charge on any atom is 0.335 e. The highest BCUT2D eigenvalue weighted by Crippen LogP contribution is 2.76. The molecule has 7 heteroatoms. The summed E-state index contributed by atoms with van der Waals surface area (Å²) in [6, 6.07) is 7.53. The fourth-order valence-corrected chi connectivity index (χ4v) is 13.4. The van der Waals surface area contributed by atoms with Crippen molar-refractivity contribution >= 4 is 21.6 Å². The molecule has 0 aromatic heterocycles. The number of sulfonamides is 1. The number of carboxylic acid groups (broad SMARTS) is 1. The molecule has 1 aromatic carbocycles. The van der Waals surface area contributed by atoms with Gasteiger partial charge in [-0.25, -0.2) is 17.9 Å². The van der Waals surface area contributed by atoms with Gasteiger partial charge in [0, 0.05) is 18.6 Å². The molecule has 254 valence electrons. The summed E-state index contributed by atoms with van der Waals surface area (Å²) < 4.78 is 26.2. The molecule has 4 saturated carbocycles. The van der Waals surface area contributed by atoms with Crippen molar-refractivity contribution in [2.45, 2.75) is 105 Å². The fraction of sp³-hybridized carbons (Fsp3) is 0.718. The highest BCUT2D eigenvalue weighted by Gasteiger charge is 2.70. The third-order valence-corrected chi connectivity index (χ3v) is 15.8. The Morgan fingerprint density at radius 3 is 2.24 bits per heavy atom. The summed E-state index contributed by atoms with van der Waals surface area (Å²) in [5.74, 6) is 2.01. The van der Waals surface area contributed by atoms with Crippen molar-refractivity contribution in [2.75, 3.05) is 19.3 Å². The molecule has 6 rings (SSSR count). The van der Waals surface area contributed by atoms with Crippen molar-refractivity contribution < 1.29 is 18.3 Å². The van der Waals surface area contributed by atoms with E-state index in [1.54, 1.807) is 12.1 Å². The maximum absolute atomic E-state index is 11.8. The van der Waals surface area contributed by atoms with Crippen molar-refractivity contribution in [1.29, 1.82) is 0 Å². The summed E-state index contributed by atoms with van der Waals surface area (Å²) >= 11 is 0. The lowest BCUT2D eigenvalue weighted by Crippen LogP contribution is -2.68. The lowest BCUT2D eigenvalue weighted by atomic mass is 9.33. The minimum absolute atomic E-state index is 0.00102. The van der Waals surface area contributed by atoms with Crippen LogP contribution in [0.15, 0.2) is 42.5 Å². The summed E-state index contributed by atoms with van der Waals surface area (Å²) in [4.78, 5) is 11.5. The lowest BCUT2D eigenvalue weighted by molar-refractivity contribution is -0.219. The van der Waals surface area contributed by atoms with Gasteiger partial charge in [0.2, 0.25) is 10.0 Å². The molecule has 0 bridgehead atoms. The van der Waals surface area contributed by atoms with Crippen molar-refractivity contribution in [3.8, 4) is 0 Å². The Balaban J connectivity index is 1.30. The van der Waals surface area contributed by atoms with Gasteiger partial charge in [-0.1, -0.05) is 65.0 Å². The highest BCUT2D eigenvalue weighted by molar-refractivity contribution is 7.88. The van der Waals surface area contributed by atoms with Crippen LogP contribution in [-0.4, -0.2) is 44.4 Å². The van der Waals surface area contributed by atoms with Crippen LogP contribution >= 0.6 is 0 Å². The van der Waals surface area contributed by atoms with E-state index < -0.39 is 16.0 Å². The van der Waals surface area contributed by atoms with Gasteiger partial charge in [0.25, 0.3) is 0 Å². The van der Waals surface area contributed by atoms with E-state index in [4.69, 9.17) is 0 Å². The number of allylic oxidation sites excluding steroid dienone is 3. The average Bonchev–Trinajstić information content (AvgIpc) is 3.35. The molecule has 0 spiro atoms. The number of rotatable bonds is 8. The summed E-state index contributed by atoms with van der Waals surface area (Å²) in [5.41, 5.74) is 4.95. The first-order valence-electron chi connectivity index (χ1n) is 17.8. The average molecular weight is 651 g/mol. The van der Waals surface area contributed by atoms with Crippen LogP contribution in [0, 0.1) is 51.2 Å². The maximum atomic E-state index is 11.8. The molecule has 0 saturated heterocycles. The van der Waals surface area contributed by atoms with Gasteiger partial charge in [-0.15, -0.1) is 0 Å². The fourth-order valence-electron chi connectivity index (χ4n) is 12.9. The van der Waals surface area contributed by atoms with Gasteiger partial charge in [0.1, 0.15) is 0 Å². The van der Waals surface area contributed by atoms with E-state index in [9.17, 15) is 18.3 Å². The number of nitrogens with one attached hydrogen (secondary N) is 2. The largest absolute Gasteiger partial charge is 0.478 e. The molecule has 1 aromatic rings. The second kappa shape index (κ2) is 11.3. The van der Waals surface area contributed by atoms with E-state index in [0.717, 1.165) is 24.8 Å². The number of hydrogen-bond acceptors (Lipinski definition) is 4.